The van der Waals surface area contributed by atoms with Crippen LogP contribution in [0.25, 0.3) is 0 Å². The molecule has 2 nitrogen and oxygen atoms in total. The summed E-state index contributed by atoms with van der Waals surface area (Å²) in [5.74, 6) is 0. The van der Waals surface area contributed by atoms with Crippen LogP contribution in [0.1, 0.15) is 22.8 Å². The van der Waals surface area contributed by atoms with Crippen LogP contribution in [0.3, 0.4) is 0 Å². The van der Waals surface area contributed by atoms with Gasteiger partial charge in [-0.25, -0.2) is 4.98 Å². The molecule has 1 heterocycles. The van der Waals surface area contributed by atoms with E-state index in [2.05, 4.69) is 20.9 Å². The third kappa shape index (κ3) is 2.31. The third-order valence-corrected chi connectivity index (χ3v) is 3.30. The van der Waals surface area contributed by atoms with Crippen LogP contribution >= 0.6 is 15.9 Å². The van der Waals surface area contributed by atoms with Crippen molar-refractivity contribution in [2.75, 3.05) is 0 Å². The number of aromatic nitrogens is 1. The van der Waals surface area contributed by atoms with E-state index in [4.69, 9.17) is 0 Å². The molecule has 16 heavy (non-hydrogen) atoms. The van der Waals surface area contributed by atoms with Crippen LogP contribution in [0.4, 0.5) is 0 Å². The van der Waals surface area contributed by atoms with Crippen LogP contribution in [0.2, 0.25) is 0 Å². The summed E-state index contributed by atoms with van der Waals surface area (Å²) in [7, 11) is 0. The van der Waals surface area contributed by atoms with Crippen LogP contribution < -0.4 is 0 Å². The van der Waals surface area contributed by atoms with Gasteiger partial charge in [0.25, 0.3) is 0 Å². The van der Waals surface area contributed by atoms with Crippen LogP contribution in [0.15, 0.2) is 47.2 Å². The molecule has 0 saturated heterocycles. The van der Waals surface area contributed by atoms with Gasteiger partial charge in [0.2, 0.25) is 0 Å². The number of aliphatic hydroxyl groups excluding tert-OH is 1. The Morgan fingerprint density at radius 2 is 1.88 bits per heavy atom. The molecule has 0 unspecified atom stereocenters. The molecular formula is C13H12BrNO. The lowest BCUT2D eigenvalue weighted by Crippen LogP contribution is -2.00. The van der Waals surface area contributed by atoms with E-state index in [1.165, 1.54) is 0 Å². The van der Waals surface area contributed by atoms with Crippen molar-refractivity contribution < 1.29 is 5.11 Å². The van der Waals surface area contributed by atoms with Gasteiger partial charge >= 0.3 is 0 Å². The highest BCUT2D eigenvalue weighted by Gasteiger charge is 2.11. The zero-order chi connectivity index (χ0) is 11.5. The number of benzene rings is 1. The van der Waals surface area contributed by atoms with Gasteiger partial charge in [0.1, 0.15) is 10.7 Å². The highest BCUT2D eigenvalue weighted by atomic mass is 79.9. The summed E-state index contributed by atoms with van der Waals surface area (Å²) in [4.78, 5) is 4.18. The van der Waals surface area contributed by atoms with Gasteiger partial charge in [0.05, 0.1) is 0 Å². The molecule has 2 rings (SSSR count). The molecule has 1 atom stereocenters. The lowest BCUT2D eigenvalue weighted by Gasteiger charge is -2.11. The van der Waals surface area contributed by atoms with Crippen LogP contribution in [-0.2, 0) is 0 Å². The molecular weight excluding hydrogens is 266 g/mol. The van der Waals surface area contributed by atoms with Gasteiger partial charge in [-0.05, 0) is 40.0 Å². The van der Waals surface area contributed by atoms with E-state index in [1.807, 2.05) is 43.3 Å². The minimum Gasteiger partial charge on any atom is -0.384 e. The Hall–Kier alpha value is -1.19. The summed E-state index contributed by atoms with van der Waals surface area (Å²) in [5, 5.41) is 10.2. The Kier molecular flexibility index (Phi) is 3.36. The van der Waals surface area contributed by atoms with E-state index in [-0.39, 0.29) is 0 Å². The topological polar surface area (TPSA) is 33.1 Å². The first-order valence-corrected chi connectivity index (χ1v) is 5.83. The molecule has 0 aliphatic carbocycles. The molecule has 2 aromatic rings. The van der Waals surface area contributed by atoms with Crippen molar-refractivity contribution in [1.82, 2.24) is 4.98 Å². The minimum absolute atomic E-state index is 0.611. The van der Waals surface area contributed by atoms with E-state index in [9.17, 15) is 5.11 Å². The molecule has 0 saturated carbocycles. The quantitative estimate of drug-likeness (QED) is 0.855. The Morgan fingerprint density at radius 3 is 2.50 bits per heavy atom. The van der Waals surface area contributed by atoms with Crippen LogP contribution in [-0.4, -0.2) is 10.1 Å². The molecule has 1 N–H and O–H groups in total. The fourth-order valence-electron chi connectivity index (χ4n) is 1.56. The largest absolute Gasteiger partial charge is 0.384 e. The van der Waals surface area contributed by atoms with Crippen molar-refractivity contribution in [3.05, 3.63) is 63.9 Å². The summed E-state index contributed by atoms with van der Waals surface area (Å²) < 4.78 is 0.816. The smallest absolute Gasteiger partial charge is 0.108 e. The number of aliphatic hydroxyl groups is 1. The molecule has 3 heteroatoms. The van der Waals surface area contributed by atoms with Gasteiger partial charge in [-0.2, -0.15) is 0 Å². The molecule has 1 aromatic heterocycles. The van der Waals surface area contributed by atoms with E-state index < -0.39 is 6.10 Å². The molecule has 0 amide bonds. The van der Waals surface area contributed by atoms with Gasteiger partial charge < -0.3 is 5.11 Å². The van der Waals surface area contributed by atoms with Gasteiger partial charge in [-0.15, -0.1) is 0 Å². The normalized spacial score (nSPS) is 12.4. The highest BCUT2D eigenvalue weighted by Crippen LogP contribution is 2.23. The summed E-state index contributed by atoms with van der Waals surface area (Å²) in [6, 6.07) is 11.5. The molecule has 0 bridgehead atoms. The maximum atomic E-state index is 10.2. The summed E-state index contributed by atoms with van der Waals surface area (Å²) in [5.41, 5.74) is 2.71. The zero-order valence-electron chi connectivity index (χ0n) is 8.89. The minimum atomic E-state index is -0.611. The van der Waals surface area contributed by atoms with Crippen molar-refractivity contribution >= 4 is 15.9 Å². The Morgan fingerprint density at radius 1 is 1.19 bits per heavy atom. The average Bonchev–Trinajstić information content (AvgIpc) is 2.33. The number of pyridine rings is 1. The standard InChI is InChI=1S/C13H12BrNO/c1-9-7-11(8-15-13(9)14)12(16)10-5-3-2-4-6-10/h2-8,12,16H,1H3/t12-/m0/s1. The Labute approximate surface area is 103 Å². The van der Waals surface area contributed by atoms with Crippen molar-refractivity contribution in [2.24, 2.45) is 0 Å². The van der Waals surface area contributed by atoms with Gasteiger partial charge in [0.15, 0.2) is 0 Å². The molecule has 1 aromatic carbocycles. The molecule has 0 aliphatic heterocycles. The fraction of sp³-hybridized carbons (Fsp3) is 0.154. The van der Waals surface area contributed by atoms with E-state index in [0.29, 0.717) is 0 Å². The fourth-order valence-corrected chi connectivity index (χ4v) is 1.77. The third-order valence-electron chi connectivity index (χ3n) is 2.47. The average molecular weight is 278 g/mol. The SMILES string of the molecule is Cc1cc([C@@H](O)c2ccccc2)cnc1Br. The van der Waals surface area contributed by atoms with Crippen molar-refractivity contribution in [1.29, 1.82) is 0 Å². The van der Waals surface area contributed by atoms with Gasteiger partial charge in [0, 0.05) is 11.8 Å². The Balaban J connectivity index is 2.34. The summed E-state index contributed by atoms with van der Waals surface area (Å²) in [6.07, 6.45) is 1.08. The maximum Gasteiger partial charge on any atom is 0.108 e. The summed E-state index contributed by atoms with van der Waals surface area (Å²) >= 11 is 3.34. The number of nitrogens with zero attached hydrogens (tertiary/aromatic N) is 1. The number of hydrogen-bond acceptors (Lipinski definition) is 2. The molecule has 0 aliphatic rings. The first-order valence-electron chi connectivity index (χ1n) is 5.03. The number of rotatable bonds is 2. The van der Waals surface area contributed by atoms with Crippen molar-refractivity contribution in [3.8, 4) is 0 Å². The van der Waals surface area contributed by atoms with E-state index >= 15 is 0 Å². The van der Waals surface area contributed by atoms with Gasteiger partial charge in [-0.3, -0.25) is 0 Å². The number of aryl methyl sites for hydroxylation is 1. The molecule has 0 spiro atoms. The molecule has 0 fully saturated rings. The van der Waals surface area contributed by atoms with E-state index in [1.54, 1.807) is 6.20 Å². The predicted molar refractivity (Wildman–Crippen MR) is 67.2 cm³/mol. The monoisotopic (exact) mass is 277 g/mol. The number of halogens is 1. The maximum absolute atomic E-state index is 10.2. The highest BCUT2D eigenvalue weighted by molar-refractivity contribution is 9.10. The van der Waals surface area contributed by atoms with Crippen LogP contribution in [0.5, 0.6) is 0 Å². The van der Waals surface area contributed by atoms with E-state index in [0.717, 1.165) is 21.3 Å². The lowest BCUT2D eigenvalue weighted by molar-refractivity contribution is 0.220. The second kappa shape index (κ2) is 4.76. The summed E-state index contributed by atoms with van der Waals surface area (Å²) in [6.45, 7) is 1.96. The van der Waals surface area contributed by atoms with Crippen molar-refractivity contribution in [3.63, 3.8) is 0 Å². The molecule has 82 valence electrons. The first-order chi connectivity index (χ1) is 7.68. The van der Waals surface area contributed by atoms with Gasteiger partial charge in [-0.1, -0.05) is 30.3 Å². The predicted octanol–water partition coefficient (Wildman–Crippen LogP) is 3.23. The first kappa shape index (κ1) is 11.3. The molecule has 0 radical (unpaired) electrons. The second-order valence-electron chi connectivity index (χ2n) is 3.69. The lowest BCUT2D eigenvalue weighted by atomic mass is 10.0. The second-order valence-corrected chi connectivity index (χ2v) is 4.44. The number of hydrogen-bond donors (Lipinski definition) is 1. The zero-order valence-corrected chi connectivity index (χ0v) is 10.5. The Bertz CT molecular complexity index is 485. The van der Waals surface area contributed by atoms with Crippen molar-refractivity contribution in [2.45, 2.75) is 13.0 Å². The van der Waals surface area contributed by atoms with Crippen LogP contribution in [0, 0.1) is 6.92 Å².